The Balaban J connectivity index is 3.03. The second kappa shape index (κ2) is 8.05. The first kappa shape index (κ1) is 15.8. The van der Waals surface area contributed by atoms with Crippen molar-refractivity contribution in [1.29, 1.82) is 5.26 Å². The van der Waals surface area contributed by atoms with Crippen molar-refractivity contribution in [2.45, 2.75) is 32.2 Å². The molecule has 0 aliphatic carbocycles. The molecule has 5 heteroatoms. The molecule has 0 fully saturated rings. The number of carbonyl (C=O) groups excluding carboxylic acids is 1. The van der Waals surface area contributed by atoms with E-state index in [1.54, 1.807) is 18.2 Å². The average Bonchev–Trinajstić information content (AvgIpc) is 2.50. The van der Waals surface area contributed by atoms with E-state index in [0.717, 1.165) is 12.8 Å². The monoisotopic (exact) mass is 276 g/mol. The molecular weight excluding hydrogens is 256 g/mol. The van der Waals surface area contributed by atoms with Gasteiger partial charge in [0.05, 0.1) is 25.5 Å². The minimum Gasteiger partial charge on any atom is -0.495 e. The molecule has 1 unspecified atom stereocenters. The van der Waals surface area contributed by atoms with E-state index in [9.17, 15) is 4.79 Å². The molecule has 0 bridgehead atoms. The molecule has 5 nitrogen and oxygen atoms in total. The molecule has 1 N–H and O–H groups in total. The highest BCUT2D eigenvalue weighted by Crippen LogP contribution is 2.29. The number of unbranched alkanes of at least 4 members (excludes halogenated alkanes) is 1. The van der Waals surface area contributed by atoms with Gasteiger partial charge in [0.15, 0.2) is 0 Å². The van der Waals surface area contributed by atoms with Crippen molar-refractivity contribution in [3.63, 3.8) is 0 Å². The summed E-state index contributed by atoms with van der Waals surface area (Å²) in [4.78, 5) is 11.8. The number of hydrogen-bond donors (Lipinski definition) is 1. The van der Waals surface area contributed by atoms with Gasteiger partial charge in [0.25, 0.3) is 0 Å². The lowest BCUT2D eigenvalue weighted by molar-refractivity contribution is -0.141. The van der Waals surface area contributed by atoms with Crippen molar-refractivity contribution in [2.24, 2.45) is 0 Å². The van der Waals surface area contributed by atoms with E-state index in [1.807, 2.05) is 0 Å². The van der Waals surface area contributed by atoms with Crippen LogP contribution in [0.1, 0.15) is 31.7 Å². The van der Waals surface area contributed by atoms with Crippen molar-refractivity contribution in [1.82, 2.24) is 0 Å². The summed E-state index contributed by atoms with van der Waals surface area (Å²) >= 11 is 0. The van der Waals surface area contributed by atoms with Gasteiger partial charge >= 0.3 is 5.97 Å². The van der Waals surface area contributed by atoms with Gasteiger partial charge in [-0.3, -0.25) is 0 Å². The molecule has 0 saturated carbocycles. The fraction of sp³-hybridized carbons (Fsp3) is 0.467. The normalized spacial score (nSPS) is 11.3. The first-order valence-corrected chi connectivity index (χ1v) is 6.59. The Labute approximate surface area is 119 Å². The summed E-state index contributed by atoms with van der Waals surface area (Å²) in [6.45, 7) is 2.05. The fourth-order valence-corrected chi connectivity index (χ4v) is 1.92. The topological polar surface area (TPSA) is 71.3 Å². The maximum absolute atomic E-state index is 11.8. The van der Waals surface area contributed by atoms with Crippen LogP contribution in [0.5, 0.6) is 5.75 Å². The molecule has 1 aromatic rings. The second-order valence-corrected chi connectivity index (χ2v) is 4.36. The number of rotatable bonds is 7. The number of anilines is 1. The molecule has 0 aliphatic heterocycles. The fourth-order valence-electron chi connectivity index (χ4n) is 1.92. The number of nitrogens with one attached hydrogen (secondary N) is 1. The summed E-state index contributed by atoms with van der Waals surface area (Å²) in [5.41, 5.74) is 0.971. The third-order valence-electron chi connectivity index (χ3n) is 3.02. The van der Waals surface area contributed by atoms with E-state index in [2.05, 4.69) is 18.3 Å². The molecule has 0 radical (unpaired) electrons. The van der Waals surface area contributed by atoms with Gasteiger partial charge in [-0.25, -0.2) is 4.79 Å². The molecule has 108 valence electrons. The van der Waals surface area contributed by atoms with Crippen LogP contribution in [0.3, 0.4) is 0 Å². The highest BCUT2D eigenvalue weighted by atomic mass is 16.5. The highest BCUT2D eigenvalue weighted by Gasteiger charge is 2.21. The number of methoxy groups -OCH3 is 2. The highest BCUT2D eigenvalue weighted by molar-refractivity contribution is 5.81. The summed E-state index contributed by atoms with van der Waals surface area (Å²) in [5.74, 6) is 0.197. The number of nitrogens with zero attached hydrogens (tertiary/aromatic N) is 1. The third kappa shape index (κ3) is 3.89. The quantitative estimate of drug-likeness (QED) is 0.775. The zero-order valence-corrected chi connectivity index (χ0v) is 12.1. The van der Waals surface area contributed by atoms with Crippen LogP contribution in [0.25, 0.3) is 0 Å². The smallest absolute Gasteiger partial charge is 0.328 e. The largest absolute Gasteiger partial charge is 0.495 e. The van der Waals surface area contributed by atoms with Gasteiger partial charge in [0.1, 0.15) is 17.9 Å². The first-order valence-electron chi connectivity index (χ1n) is 6.59. The number of nitriles is 1. The molecule has 0 heterocycles. The summed E-state index contributed by atoms with van der Waals surface area (Å²) in [5, 5.41) is 12.2. The zero-order chi connectivity index (χ0) is 15.0. The number of ether oxygens (including phenoxy) is 2. The number of carbonyl (C=O) groups is 1. The van der Waals surface area contributed by atoms with E-state index in [-0.39, 0.29) is 5.97 Å². The molecule has 1 aromatic carbocycles. The summed E-state index contributed by atoms with van der Waals surface area (Å²) < 4.78 is 10.0. The number of para-hydroxylation sites is 1. The summed E-state index contributed by atoms with van der Waals surface area (Å²) in [6.07, 6.45) is 2.52. The Hall–Kier alpha value is -2.22. The maximum atomic E-state index is 11.8. The van der Waals surface area contributed by atoms with Crippen LogP contribution in [-0.4, -0.2) is 26.2 Å². The van der Waals surface area contributed by atoms with Crippen LogP contribution in [0.15, 0.2) is 18.2 Å². The SMILES string of the molecule is CCCCC(Nc1c(C#N)cccc1OC)C(=O)OC. The van der Waals surface area contributed by atoms with Crippen LogP contribution in [0.4, 0.5) is 5.69 Å². The van der Waals surface area contributed by atoms with Crippen LogP contribution in [-0.2, 0) is 9.53 Å². The van der Waals surface area contributed by atoms with Gasteiger partial charge in [-0.15, -0.1) is 0 Å². The molecule has 1 rings (SSSR count). The number of benzene rings is 1. The second-order valence-electron chi connectivity index (χ2n) is 4.36. The van der Waals surface area contributed by atoms with Gasteiger partial charge in [-0.2, -0.15) is 5.26 Å². The molecular formula is C15H20N2O3. The van der Waals surface area contributed by atoms with E-state index < -0.39 is 6.04 Å². The summed E-state index contributed by atoms with van der Waals surface area (Å²) in [6, 6.07) is 6.78. The van der Waals surface area contributed by atoms with E-state index in [0.29, 0.717) is 23.4 Å². The Morgan fingerprint density at radius 2 is 2.20 bits per heavy atom. The maximum Gasteiger partial charge on any atom is 0.328 e. The van der Waals surface area contributed by atoms with Gasteiger partial charge in [0, 0.05) is 0 Å². The van der Waals surface area contributed by atoms with Crippen molar-refractivity contribution in [3.05, 3.63) is 23.8 Å². The van der Waals surface area contributed by atoms with E-state index in [1.165, 1.54) is 14.2 Å². The van der Waals surface area contributed by atoms with Crippen molar-refractivity contribution >= 4 is 11.7 Å². The lowest BCUT2D eigenvalue weighted by Crippen LogP contribution is -2.31. The predicted molar refractivity (Wildman–Crippen MR) is 76.7 cm³/mol. The summed E-state index contributed by atoms with van der Waals surface area (Å²) in [7, 11) is 2.89. The lowest BCUT2D eigenvalue weighted by Gasteiger charge is -2.20. The molecule has 0 spiro atoms. The van der Waals surface area contributed by atoms with Crippen LogP contribution in [0, 0.1) is 11.3 Å². The van der Waals surface area contributed by atoms with E-state index in [4.69, 9.17) is 14.7 Å². The number of esters is 1. The van der Waals surface area contributed by atoms with Gasteiger partial charge in [-0.05, 0) is 18.6 Å². The van der Waals surface area contributed by atoms with Gasteiger partial charge < -0.3 is 14.8 Å². The first-order chi connectivity index (χ1) is 9.67. The zero-order valence-electron chi connectivity index (χ0n) is 12.1. The Morgan fingerprint density at radius 1 is 1.45 bits per heavy atom. The Kier molecular flexibility index (Phi) is 6.38. The lowest BCUT2D eigenvalue weighted by atomic mass is 10.1. The predicted octanol–water partition coefficient (Wildman–Crippen LogP) is 2.71. The minimum atomic E-state index is -0.483. The minimum absolute atomic E-state index is 0.340. The van der Waals surface area contributed by atoms with Crippen LogP contribution < -0.4 is 10.1 Å². The Bertz CT molecular complexity index is 494. The third-order valence-corrected chi connectivity index (χ3v) is 3.02. The van der Waals surface area contributed by atoms with Gasteiger partial charge in [0.2, 0.25) is 0 Å². The van der Waals surface area contributed by atoms with Crippen molar-refractivity contribution in [3.8, 4) is 11.8 Å². The standard InChI is InChI=1S/C15H20N2O3/c1-4-5-8-12(15(18)20-3)17-14-11(10-16)7-6-9-13(14)19-2/h6-7,9,12,17H,4-5,8H2,1-3H3. The molecule has 1 atom stereocenters. The van der Waals surface area contributed by atoms with Crippen LogP contribution >= 0.6 is 0 Å². The van der Waals surface area contributed by atoms with E-state index >= 15 is 0 Å². The Morgan fingerprint density at radius 3 is 2.75 bits per heavy atom. The van der Waals surface area contributed by atoms with Gasteiger partial charge in [-0.1, -0.05) is 25.8 Å². The van der Waals surface area contributed by atoms with Crippen molar-refractivity contribution < 1.29 is 14.3 Å². The van der Waals surface area contributed by atoms with Crippen LogP contribution in [0.2, 0.25) is 0 Å². The number of hydrogen-bond acceptors (Lipinski definition) is 5. The molecule has 20 heavy (non-hydrogen) atoms. The average molecular weight is 276 g/mol. The molecule has 0 amide bonds. The van der Waals surface area contributed by atoms with Crippen molar-refractivity contribution in [2.75, 3.05) is 19.5 Å². The molecule has 0 aromatic heterocycles. The molecule has 0 saturated heterocycles. The molecule has 0 aliphatic rings.